The van der Waals surface area contributed by atoms with Crippen LogP contribution in [0.2, 0.25) is 0 Å². The van der Waals surface area contributed by atoms with E-state index in [-0.39, 0.29) is 0 Å². The molecule has 0 spiro atoms. The normalized spacial score (nSPS) is 21.6. The highest BCUT2D eigenvalue weighted by Crippen LogP contribution is 2.30. The van der Waals surface area contributed by atoms with Gasteiger partial charge in [0.1, 0.15) is 0 Å². The molecule has 2 aliphatic rings. The van der Waals surface area contributed by atoms with E-state index in [0.29, 0.717) is 24.3 Å². The van der Waals surface area contributed by atoms with Crippen molar-refractivity contribution in [3.05, 3.63) is 47.2 Å². The quantitative estimate of drug-likeness (QED) is 0.773. The van der Waals surface area contributed by atoms with Gasteiger partial charge in [0.05, 0.1) is 19.1 Å². The molecule has 0 N–H and O–H groups in total. The first-order valence-corrected chi connectivity index (χ1v) is 9.46. The van der Waals surface area contributed by atoms with Crippen LogP contribution in [0, 0.1) is 12.8 Å². The summed E-state index contributed by atoms with van der Waals surface area (Å²) in [4.78, 5) is 2.38. The molecule has 2 aromatic rings. The van der Waals surface area contributed by atoms with Crippen LogP contribution in [0.15, 0.2) is 28.7 Å². The second kappa shape index (κ2) is 7.67. The largest absolute Gasteiger partial charge is 0.424 e. The van der Waals surface area contributed by atoms with Crippen LogP contribution >= 0.6 is 0 Å². The maximum absolute atomic E-state index is 6.06. The molecule has 1 saturated carbocycles. The number of aryl methyl sites for hydroxylation is 1. The first kappa shape index (κ1) is 16.7. The summed E-state index contributed by atoms with van der Waals surface area (Å²) in [6.07, 6.45) is 6.12. The third-order valence-electron chi connectivity index (χ3n) is 5.20. The molecule has 1 aliphatic heterocycles. The number of hydrogen-bond donors (Lipinski definition) is 0. The Labute approximate surface area is 149 Å². The number of benzene rings is 1. The molecule has 2 heterocycles. The van der Waals surface area contributed by atoms with Crippen molar-refractivity contribution in [1.82, 2.24) is 15.1 Å². The van der Waals surface area contributed by atoms with E-state index in [1.54, 1.807) is 0 Å². The van der Waals surface area contributed by atoms with Gasteiger partial charge in [-0.2, -0.15) is 0 Å². The highest BCUT2D eigenvalue weighted by atomic mass is 16.5. The van der Waals surface area contributed by atoms with Gasteiger partial charge in [-0.1, -0.05) is 24.3 Å². The average molecular weight is 341 g/mol. The summed E-state index contributed by atoms with van der Waals surface area (Å²) >= 11 is 0. The molecule has 2 fully saturated rings. The predicted octanol–water partition coefficient (Wildman–Crippen LogP) is 3.36. The first-order valence-electron chi connectivity index (χ1n) is 9.46. The molecule has 25 heavy (non-hydrogen) atoms. The minimum absolute atomic E-state index is 0.365. The highest BCUT2D eigenvalue weighted by molar-refractivity contribution is 5.27. The van der Waals surface area contributed by atoms with Gasteiger partial charge in [0.15, 0.2) is 0 Å². The van der Waals surface area contributed by atoms with Crippen molar-refractivity contribution in [3.8, 4) is 0 Å². The van der Waals surface area contributed by atoms with Gasteiger partial charge in [-0.3, -0.25) is 4.90 Å². The zero-order chi connectivity index (χ0) is 17.1. The lowest BCUT2D eigenvalue weighted by Gasteiger charge is -2.31. The van der Waals surface area contributed by atoms with Crippen LogP contribution in [0.25, 0.3) is 0 Å². The molecule has 5 heteroatoms. The van der Waals surface area contributed by atoms with E-state index in [9.17, 15) is 0 Å². The van der Waals surface area contributed by atoms with Crippen molar-refractivity contribution in [3.63, 3.8) is 0 Å². The van der Waals surface area contributed by atoms with Gasteiger partial charge in [0.2, 0.25) is 11.8 Å². The molecule has 0 amide bonds. The molecule has 5 nitrogen and oxygen atoms in total. The molecule has 0 bridgehead atoms. The summed E-state index contributed by atoms with van der Waals surface area (Å²) in [5, 5.41) is 8.48. The van der Waals surface area contributed by atoms with E-state index in [2.05, 4.69) is 46.3 Å². The molecule has 0 radical (unpaired) electrons. The van der Waals surface area contributed by atoms with Crippen LogP contribution in [0.3, 0.4) is 0 Å². The molecule has 1 atom stereocenters. The molecule has 1 unspecified atom stereocenters. The fourth-order valence-corrected chi connectivity index (χ4v) is 3.44. The summed E-state index contributed by atoms with van der Waals surface area (Å²) in [5.74, 6) is 2.24. The lowest BCUT2D eigenvalue weighted by Crippen LogP contribution is -2.39. The summed E-state index contributed by atoms with van der Waals surface area (Å²) in [6, 6.07) is 8.33. The van der Waals surface area contributed by atoms with Crippen molar-refractivity contribution < 1.29 is 9.15 Å². The zero-order valence-corrected chi connectivity index (χ0v) is 15.0. The Morgan fingerprint density at radius 1 is 1.16 bits per heavy atom. The first-order chi connectivity index (χ1) is 12.3. The van der Waals surface area contributed by atoms with Gasteiger partial charge in [0.25, 0.3) is 0 Å². The average Bonchev–Trinajstić information content (AvgIpc) is 3.35. The molecule has 1 aromatic heterocycles. The van der Waals surface area contributed by atoms with Crippen molar-refractivity contribution in [2.45, 2.75) is 51.7 Å². The SMILES string of the molecule is Cc1ccccc1Cc1nnc(CN2CCCC(OCC3CC3)C2)o1. The van der Waals surface area contributed by atoms with Crippen molar-refractivity contribution in [1.29, 1.82) is 0 Å². The van der Waals surface area contributed by atoms with E-state index in [4.69, 9.17) is 9.15 Å². The van der Waals surface area contributed by atoms with Crippen LogP contribution in [0.4, 0.5) is 0 Å². The Morgan fingerprint density at radius 2 is 2.00 bits per heavy atom. The van der Waals surface area contributed by atoms with E-state index in [0.717, 1.165) is 32.2 Å². The molecule has 134 valence electrons. The van der Waals surface area contributed by atoms with Gasteiger partial charge >= 0.3 is 0 Å². The standard InChI is InChI=1S/C20H27N3O2/c1-15-5-2-3-6-17(15)11-19-21-22-20(25-19)13-23-10-4-7-18(12-23)24-14-16-8-9-16/h2-3,5-6,16,18H,4,7-14H2,1H3. The van der Waals surface area contributed by atoms with E-state index >= 15 is 0 Å². The minimum Gasteiger partial charge on any atom is -0.424 e. The molecule has 4 rings (SSSR count). The fourth-order valence-electron chi connectivity index (χ4n) is 3.44. The van der Waals surface area contributed by atoms with Crippen LogP contribution in [0.1, 0.15) is 48.6 Å². The second-order valence-corrected chi connectivity index (χ2v) is 7.47. The third-order valence-corrected chi connectivity index (χ3v) is 5.20. The Kier molecular flexibility index (Phi) is 5.13. The number of likely N-dealkylation sites (tertiary alicyclic amines) is 1. The lowest BCUT2D eigenvalue weighted by molar-refractivity contribution is -0.00910. The summed E-state index contributed by atoms with van der Waals surface area (Å²) < 4.78 is 11.9. The van der Waals surface area contributed by atoms with Crippen LogP contribution in [-0.4, -0.2) is 40.9 Å². The van der Waals surface area contributed by atoms with Crippen LogP contribution < -0.4 is 0 Å². The maximum atomic E-state index is 6.06. The topological polar surface area (TPSA) is 51.4 Å². The van der Waals surface area contributed by atoms with E-state index in [1.807, 2.05) is 0 Å². The molecular weight excluding hydrogens is 314 g/mol. The predicted molar refractivity (Wildman–Crippen MR) is 95.3 cm³/mol. The molecular formula is C20H27N3O2. The van der Waals surface area contributed by atoms with Gasteiger partial charge in [-0.25, -0.2) is 0 Å². The van der Waals surface area contributed by atoms with E-state index < -0.39 is 0 Å². The molecule has 1 saturated heterocycles. The Morgan fingerprint density at radius 3 is 2.84 bits per heavy atom. The highest BCUT2D eigenvalue weighted by Gasteiger charge is 2.26. The summed E-state index contributed by atoms with van der Waals surface area (Å²) in [7, 11) is 0. The van der Waals surface area contributed by atoms with E-state index in [1.165, 1.54) is 36.8 Å². The zero-order valence-electron chi connectivity index (χ0n) is 15.0. The summed E-state index contributed by atoms with van der Waals surface area (Å²) in [5.41, 5.74) is 2.50. The number of nitrogens with zero attached hydrogens (tertiary/aromatic N) is 3. The van der Waals surface area contributed by atoms with Crippen LogP contribution in [0.5, 0.6) is 0 Å². The van der Waals surface area contributed by atoms with Crippen LogP contribution in [-0.2, 0) is 17.7 Å². The van der Waals surface area contributed by atoms with Crippen molar-refractivity contribution >= 4 is 0 Å². The van der Waals surface area contributed by atoms with Gasteiger partial charge < -0.3 is 9.15 Å². The smallest absolute Gasteiger partial charge is 0.230 e. The third kappa shape index (κ3) is 4.67. The Hall–Kier alpha value is -1.72. The number of aromatic nitrogens is 2. The number of rotatable bonds is 7. The van der Waals surface area contributed by atoms with Crippen molar-refractivity contribution in [2.24, 2.45) is 5.92 Å². The Balaban J connectivity index is 1.30. The van der Waals surface area contributed by atoms with Crippen molar-refractivity contribution in [2.75, 3.05) is 19.7 Å². The molecule has 1 aliphatic carbocycles. The monoisotopic (exact) mass is 341 g/mol. The maximum Gasteiger partial charge on any atom is 0.230 e. The number of hydrogen-bond acceptors (Lipinski definition) is 5. The fraction of sp³-hybridized carbons (Fsp3) is 0.600. The molecule has 1 aromatic carbocycles. The Bertz CT molecular complexity index is 696. The van der Waals surface area contributed by atoms with Gasteiger partial charge in [-0.05, 0) is 56.2 Å². The second-order valence-electron chi connectivity index (χ2n) is 7.47. The number of piperidine rings is 1. The number of ether oxygens (including phenoxy) is 1. The minimum atomic E-state index is 0.365. The van der Waals surface area contributed by atoms with Gasteiger partial charge in [0, 0.05) is 13.2 Å². The van der Waals surface area contributed by atoms with Gasteiger partial charge in [-0.15, -0.1) is 10.2 Å². The summed E-state index contributed by atoms with van der Waals surface area (Å²) in [6.45, 7) is 5.84. The lowest BCUT2D eigenvalue weighted by atomic mass is 10.1.